The highest BCUT2D eigenvalue weighted by molar-refractivity contribution is 7.93. The van der Waals surface area contributed by atoms with Gasteiger partial charge in [-0.15, -0.1) is 0 Å². The molecule has 0 spiro atoms. The zero-order valence-corrected chi connectivity index (χ0v) is 17.7. The quantitative estimate of drug-likeness (QED) is 0.648. The van der Waals surface area contributed by atoms with Crippen molar-refractivity contribution in [3.05, 3.63) is 52.0 Å². The van der Waals surface area contributed by atoms with Crippen LogP contribution in [-0.4, -0.2) is 31.3 Å². The van der Waals surface area contributed by atoms with E-state index in [1.807, 2.05) is 0 Å². The molecular formula is C16H13Cl2F3N2O4S2. The molecule has 2 N–H and O–H groups in total. The lowest BCUT2D eigenvalue weighted by atomic mass is 10.2. The van der Waals surface area contributed by atoms with E-state index < -0.39 is 54.1 Å². The monoisotopic (exact) mass is 488 g/mol. The van der Waals surface area contributed by atoms with Crippen LogP contribution >= 0.6 is 23.2 Å². The number of halogens is 5. The smallest absolute Gasteiger partial charge is 0.358 e. The number of anilines is 1. The standard InChI is InChI=1S/C16H13Cl2F3N2O4S2/c1-22-15(24)8-28(25)14-5-2-9(17)6-13(14)23-29(26,27)10-3-4-12(18)11(7-10)16(19,20)21/h2-7,23H,8H2,1H3,(H,22,24). The fraction of sp³-hybridized carbons (Fsp3) is 0.188. The van der Waals surface area contributed by atoms with Crippen LogP contribution in [0.3, 0.4) is 0 Å². The van der Waals surface area contributed by atoms with Gasteiger partial charge in [0.25, 0.3) is 10.0 Å². The summed E-state index contributed by atoms with van der Waals surface area (Å²) in [7, 11) is -5.13. The number of carbonyl (C=O) groups is 1. The van der Waals surface area contributed by atoms with Gasteiger partial charge in [-0.2, -0.15) is 13.2 Å². The van der Waals surface area contributed by atoms with Crippen LogP contribution in [0.15, 0.2) is 46.2 Å². The Bertz CT molecular complexity index is 1080. The first-order valence-corrected chi connectivity index (χ1v) is 11.2. The molecule has 0 saturated carbocycles. The van der Waals surface area contributed by atoms with E-state index in [0.29, 0.717) is 6.07 Å². The van der Waals surface area contributed by atoms with Crippen molar-refractivity contribution in [2.75, 3.05) is 17.5 Å². The molecule has 13 heteroatoms. The third kappa shape index (κ3) is 5.84. The fourth-order valence-electron chi connectivity index (χ4n) is 2.14. The molecule has 0 aliphatic heterocycles. The average Bonchev–Trinajstić information content (AvgIpc) is 2.60. The van der Waals surface area contributed by atoms with E-state index in [1.54, 1.807) is 0 Å². The van der Waals surface area contributed by atoms with Gasteiger partial charge in [0.1, 0.15) is 5.75 Å². The van der Waals surface area contributed by atoms with Crippen LogP contribution in [-0.2, 0) is 31.8 Å². The van der Waals surface area contributed by atoms with Crippen molar-refractivity contribution in [3.63, 3.8) is 0 Å². The highest BCUT2D eigenvalue weighted by atomic mass is 35.5. The summed E-state index contributed by atoms with van der Waals surface area (Å²) in [5.41, 5.74) is -1.56. The Morgan fingerprint density at radius 2 is 1.79 bits per heavy atom. The van der Waals surface area contributed by atoms with E-state index in [-0.39, 0.29) is 15.6 Å². The number of nitrogens with one attached hydrogen (secondary N) is 2. The lowest BCUT2D eigenvalue weighted by Crippen LogP contribution is -2.25. The van der Waals surface area contributed by atoms with E-state index in [4.69, 9.17) is 23.2 Å². The van der Waals surface area contributed by atoms with Gasteiger partial charge in [-0.25, -0.2) is 8.42 Å². The first-order valence-electron chi connectivity index (χ1n) is 7.63. The molecule has 0 radical (unpaired) electrons. The predicted octanol–water partition coefficient (Wildman–Crippen LogP) is 3.67. The molecule has 0 aliphatic rings. The molecule has 6 nitrogen and oxygen atoms in total. The molecule has 0 bridgehead atoms. The molecular weight excluding hydrogens is 476 g/mol. The summed E-state index contributed by atoms with van der Waals surface area (Å²) in [5, 5.41) is 1.70. The highest BCUT2D eigenvalue weighted by Gasteiger charge is 2.34. The summed E-state index contributed by atoms with van der Waals surface area (Å²) in [5.74, 6) is -1.01. The van der Waals surface area contributed by atoms with Crippen LogP contribution < -0.4 is 10.0 Å². The van der Waals surface area contributed by atoms with Crippen molar-refractivity contribution in [1.29, 1.82) is 0 Å². The Labute approximate surface area is 176 Å². The molecule has 2 rings (SSSR count). The maximum absolute atomic E-state index is 13.0. The topological polar surface area (TPSA) is 92.3 Å². The minimum atomic E-state index is -4.86. The zero-order valence-electron chi connectivity index (χ0n) is 14.5. The zero-order chi connectivity index (χ0) is 22.0. The molecule has 1 unspecified atom stereocenters. The van der Waals surface area contributed by atoms with Crippen LogP contribution in [0.1, 0.15) is 5.56 Å². The number of hydrogen-bond donors (Lipinski definition) is 2. The number of benzene rings is 2. The molecule has 0 fully saturated rings. The second kappa shape index (κ2) is 8.90. The maximum Gasteiger partial charge on any atom is 0.417 e. The van der Waals surface area contributed by atoms with Crippen molar-refractivity contribution in [2.24, 2.45) is 0 Å². The van der Waals surface area contributed by atoms with Crippen LogP contribution in [0, 0.1) is 0 Å². The van der Waals surface area contributed by atoms with Crippen LogP contribution in [0.5, 0.6) is 0 Å². The molecule has 29 heavy (non-hydrogen) atoms. The highest BCUT2D eigenvalue weighted by Crippen LogP contribution is 2.36. The third-order valence-corrected chi connectivity index (χ3v) is 6.82. The van der Waals surface area contributed by atoms with Crippen LogP contribution in [0.4, 0.5) is 18.9 Å². The number of sulfonamides is 1. The lowest BCUT2D eigenvalue weighted by Gasteiger charge is -2.15. The van der Waals surface area contributed by atoms with Gasteiger partial charge in [-0.3, -0.25) is 13.7 Å². The van der Waals surface area contributed by atoms with E-state index in [1.165, 1.54) is 19.2 Å². The Morgan fingerprint density at radius 3 is 2.38 bits per heavy atom. The third-order valence-electron chi connectivity index (χ3n) is 3.53. The van der Waals surface area contributed by atoms with Gasteiger partial charge in [0.15, 0.2) is 0 Å². The predicted molar refractivity (Wildman–Crippen MR) is 104 cm³/mol. The molecule has 0 heterocycles. The SMILES string of the molecule is CNC(=O)CS(=O)c1ccc(Cl)cc1NS(=O)(=O)c1ccc(Cl)c(C(F)(F)F)c1. The molecule has 0 saturated heterocycles. The van der Waals surface area contributed by atoms with Gasteiger partial charge < -0.3 is 5.32 Å². The first-order chi connectivity index (χ1) is 13.3. The van der Waals surface area contributed by atoms with Gasteiger partial charge >= 0.3 is 6.18 Å². The Hall–Kier alpha value is -1.82. The Balaban J connectivity index is 2.47. The van der Waals surface area contributed by atoms with E-state index in [2.05, 4.69) is 10.0 Å². The first kappa shape index (κ1) is 23.5. The lowest BCUT2D eigenvalue weighted by molar-refractivity contribution is -0.137. The molecule has 158 valence electrons. The van der Waals surface area contributed by atoms with Crippen molar-refractivity contribution in [2.45, 2.75) is 16.0 Å². The van der Waals surface area contributed by atoms with Crippen molar-refractivity contribution in [3.8, 4) is 0 Å². The number of hydrogen-bond acceptors (Lipinski definition) is 4. The summed E-state index contributed by atoms with van der Waals surface area (Å²) >= 11 is 11.4. The molecule has 1 amide bonds. The van der Waals surface area contributed by atoms with Gasteiger partial charge in [-0.05, 0) is 36.4 Å². The minimum Gasteiger partial charge on any atom is -0.358 e. The fourth-order valence-corrected chi connectivity index (χ4v) is 4.81. The van der Waals surface area contributed by atoms with E-state index in [9.17, 15) is 30.6 Å². The summed E-state index contributed by atoms with van der Waals surface area (Å²) < 4.78 is 78.8. The Kier molecular flexibility index (Phi) is 7.20. The molecule has 2 aromatic rings. The summed E-state index contributed by atoms with van der Waals surface area (Å²) in [6.07, 6.45) is -4.86. The molecule has 0 aliphatic carbocycles. The number of alkyl halides is 3. The van der Waals surface area contributed by atoms with Gasteiger partial charge in [0, 0.05) is 12.1 Å². The minimum absolute atomic E-state index is 0.0633. The molecule has 0 aromatic heterocycles. The van der Waals surface area contributed by atoms with Crippen molar-refractivity contribution < 1.29 is 30.6 Å². The number of amides is 1. The van der Waals surface area contributed by atoms with E-state index >= 15 is 0 Å². The number of rotatable bonds is 6. The largest absolute Gasteiger partial charge is 0.417 e. The van der Waals surface area contributed by atoms with Crippen molar-refractivity contribution in [1.82, 2.24) is 5.32 Å². The summed E-state index contributed by atoms with van der Waals surface area (Å²) in [6, 6.07) is 5.81. The van der Waals surface area contributed by atoms with Gasteiger partial charge in [0.2, 0.25) is 5.91 Å². The Morgan fingerprint density at radius 1 is 1.14 bits per heavy atom. The van der Waals surface area contributed by atoms with Crippen LogP contribution in [0.25, 0.3) is 0 Å². The van der Waals surface area contributed by atoms with E-state index in [0.717, 1.165) is 18.2 Å². The summed E-state index contributed by atoms with van der Waals surface area (Å²) in [4.78, 5) is 10.7. The van der Waals surface area contributed by atoms with Crippen molar-refractivity contribution >= 4 is 55.6 Å². The van der Waals surface area contributed by atoms with Crippen LogP contribution in [0.2, 0.25) is 10.0 Å². The second-order valence-corrected chi connectivity index (χ2v) is 9.49. The molecule has 2 aromatic carbocycles. The average molecular weight is 489 g/mol. The van der Waals surface area contributed by atoms with Gasteiger partial charge in [0.05, 0.1) is 36.9 Å². The second-order valence-electron chi connectivity index (χ2n) is 5.55. The maximum atomic E-state index is 13.0. The molecule has 1 atom stereocenters. The summed E-state index contributed by atoms with van der Waals surface area (Å²) in [6.45, 7) is 0. The van der Waals surface area contributed by atoms with Gasteiger partial charge in [-0.1, -0.05) is 23.2 Å². The normalized spacial score (nSPS) is 13.0. The number of carbonyl (C=O) groups excluding carboxylic acids is 1.